The van der Waals surface area contributed by atoms with Crippen molar-refractivity contribution in [3.8, 4) is 0 Å². The van der Waals surface area contributed by atoms with E-state index in [9.17, 15) is 4.79 Å². The molecule has 1 amide bonds. The number of hydrogen-bond acceptors (Lipinski definition) is 3. The average Bonchev–Trinajstić information content (AvgIpc) is 2.52. The Morgan fingerprint density at radius 2 is 2.46 bits per heavy atom. The highest BCUT2D eigenvalue weighted by atomic mass is 32.1. The minimum Gasteiger partial charge on any atom is -0.351 e. The van der Waals surface area contributed by atoms with Crippen molar-refractivity contribution in [3.05, 3.63) is 21.9 Å². The van der Waals surface area contributed by atoms with Crippen molar-refractivity contribution in [2.75, 3.05) is 13.1 Å². The number of nitrogens with one attached hydrogen (secondary N) is 1. The quantitative estimate of drug-likeness (QED) is 0.713. The van der Waals surface area contributed by atoms with Crippen molar-refractivity contribution in [2.24, 2.45) is 5.73 Å². The fourth-order valence-electron chi connectivity index (χ4n) is 0.990. The van der Waals surface area contributed by atoms with Gasteiger partial charge in [-0.15, -0.1) is 11.3 Å². The minimum atomic E-state index is 0.0148. The van der Waals surface area contributed by atoms with Gasteiger partial charge in [-0.2, -0.15) is 0 Å². The van der Waals surface area contributed by atoms with Crippen LogP contribution in [-0.4, -0.2) is 19.0 Å². The number of nitrogens with two attached hydrogens (primary N) is 1. The topological polar surface area (TPSA) is 55.1 Å². The molecule has 3 N–H and O–H groups in total. The molecule has 72 valence electrons. The third-order valence-corrected chi connectivity index (χ3v) is 2.75. The van der Waals surface area contributed by atoms with E-state index in [-0.39, 0.29) is 5.91 Å². The van der Waals surface area contributed by atoms with Gasteiger partial charge in [-0.25, -0.2) is 0 Å². The first-order valence-electron chi connectivity index (χ1n) is 4.28. The van der Waals surface area contributed by atoms with Gasteiger partial charge in [0.25, 0.3) is 5.91 Å². The molecule has 13 heavy (non-hydrogen) atoms. The van der Waals surface area contributed by atoms with Gasteiger partial charge < -0.3 is 11.1 Å². The molecule has 1 aromatic heterocycles. The van der Waals surface area contributed by atoms with Gasteiger partial charge in [0.2, 0.25) is 0 Å². The maximum absolute atomic E-state index is 11.5. The lowest BCUT2D eigenvalue weighted by molar-refractivity contribution is 0.0957. The normalized spacial score (nSPS) is 10.0. The van der Waals surface area contributed by atoms with Gasteiger partial charge in [0.05, 0.1) is 4.88 Å². The highest BCUT2D eigenvalue weighted by molar-refractivity contribution is 7.12. The van der Waals surface area contributed by atoms with E-state index >= 15 is 0 Å². The van der Waals surface area contributed by atoms with Crippen LogP contribution in [0.3, 0.4) is 0 Å². The van der Waals surface area contributed by atoms with Gasteiger partial charge in [-0.05, 0) is 36.9 Å². The van der Waals surface area contributed by atoms with Crippen LogP contribution in [0, 0.1) is 6.92 Å². The number of carbonyl (C=O) groups excluding carboxylic acids is 1. The van der Waals surface area contributed by atoms with Gasteiger partial charge in [0.15, 0.2) is 0 Å². The van der Waals surface area contributed by atoms with E-state index in [4.69, 9.17) is 5.73 Å². The molecule has 1 aromatic rings. The zero-order chi connectivity index (χ0) is 9.68. The number of rotatable bonds is 4. The molecule has 0 unspecified atom stereocenters. The highest BCUT2D eigenvalue weighted by Gasteiger charge is 2.08. The van der Waals surface area contributed by atoms with Gasteiger partial charge in [-0.1, -0.05) is 0 Å². The maximum Gasteiger partial charge on any atom is 0.261 e. The molecular weight excluding hydrogens is 184 g/mol. The van der Waals surface area contributed by atoms with Crippen LogP contribution in [0.2, 0.25) is 0 Å². The maximum atomic E-state index is 11.5. The molecule has 0 saturated carbocycles. The number of hydrogen-bond donors (Lipinski definition) is 2. The highest BCUT2D eigenvalue weighted by Crippen LogP contribution is 2.14. The predicted molar refractivity (Wildman–Crippen MR) is 55.1 cm³/mol. The molecule has 0 bridgehead atoms. The molecule has 3 nitrogen and oxygen atoms in total. The van der Waals surface area contributed by atoms with E-state index in [0.717, 1.165) is 16.9 Å². The van der Waals surface area contributed by atoms with E-state index < -0.39 is 0 Å². The number of amides is 1. The number of carbonyl (C=O) groups is 1. The Bertz CT molecular complexity index is 283. The summed E-state index contributed by atoms with van der Waals surface area (Å²) in [5.74, 6) is 0.0148. The van der Waals surface area contributed by atoms with Crippen LogP contribution in [0.15, 0.2) is 11.4 Å². The van der Waals surface area contributed by atoms with Crippen LogP contribution in [0.5, 0.6) is 0 Å². The fourth-order valence-corrected chi connectivity index (χ4v) is 1.83. The third-order valence-electron chi connectivity index (χ3n) is 1.73. The van der Waals surface area contributed by atoms with Gasteiger partial charge in [0, 0.05) is 6.54 Å². The smallest absolute Gasteiger partial charge is 0.261 e. The summed E-state index contributed by atoms with van der Waals surface area (Å²) in [6.07, 6.45) is 0.830. The summed E-state index contributed by atoms with van der Waals surface area (Å²) < 4.78 is 0. The van der Waals surface area contributed by atoms with Gasteiger partial charge in [-0.3, -0.25) is 4.79 Å². The molecule has 0 saturated heterocycles. The zero-order valence-corrected chi connectivity index (χ0v) is 8.49. The Morgan fingerprint density at radius 1 is 1.69 bits per heavy atom. The van der Waals surface area contributed by atoms with Crippen molar-refractivity contribution < 1.29 is 4.79 Å². The molecule has 4 heteroatoms. The summed E-state index contributed by atoms with van der Waals surface area (Å²) in [7, 11) is 0. The van der Waals surface area contributed by atoms with E-state index in [1.54, 1.807) is 0 Å². The largest absolute Gasteiger partial charge is 0.351 e. The van der Waals surface area contributed by atoms with Crippen molar-refractivity contribution in [1.29, 1.82) is 0 Å². The third kappa shape index (κ3) is 2.82. The second-order valence-corrected chi connectivity index (χ2v) is 3.75. The predicted octanol–water partition coefficient (Wildman–Crippen LogP) is 1.14. The lowest BCUT2D eigenvalue weighted by atomic mass is 10.3. The monoisotopic (exact) mass is 198 g/mol. The zero-order valence-electron chi connectivity index (χ0n) is 7.67. The van der Waals surface area contributed by atoms with Crippen LogP contribution in [0.1, 0.15) is 21.7 Å². The van der Waals surface area contributed by atoms with Gasteiger partial charge >= 0.3 is 0 Å². The van der Waals surface area contributed by atoms with E-state index in [0.29, 0.717) is 13.1 Å². The van der Waals surface area contributed by atoms with Crippen LogP contribution < -0.4 is 11.1 Å². The lowest BCUT2D eigenvalue weighted by Gasteiger charge is -2.02. The number of thiophene rings is 1. The Hall–Kier alpha value is -0.870. The molecular formula is C9H14N2OS. The molecule has 0 fully saturated rings. The first-order valence-corrected chi connectivity index (χ1v) is 5.16. The summed E-state index contributed by atoms with van der Waals surface area (Å²) in [5, 5.41) is 4.74. The van der Waals surface area contributed by atoms with E-state index in [1.165, 1.54) is 11.3 Å². The summed E-state index contributed by atoms with van der Waals surface area (Å²) in [4.78, 5) is 12.3. The summed E-state index contributed by atoms with van der Waals surface area (Å²) in [6.45, 7) is 3.21. The summed E-state index contributed by atoms with van der Waals surface area (Å²) >= 11 is 1.47. The average molecular weight is 198 g/mol. The standard InChI is InChI=1S/C9H14N2OS/c1-7-3-6-13-8(7)9(12)11-5-2-4-10/h3,6H,2,4-5,10H2,1H3,(H,11,12). The Kier molecular flexibility index (Phi) is 3.92. The second-order valence-electron chi connectivity index (χ2n) is 2.83. The first kappa shape index (κ1) is 10.2. The van der Waals surface area contributed by atoms with Crippen molar-refractivity contribution in [1.82, 2.24) is 5.32 Å². The molecule has 1 heterocycles. The molecule has 1 rings (SSSR count). The molecule has 0 aliphatic carbocycles. The van der Waals surface area contributed by atoms with E-state index in [2.05, 4.69) is 5.32 Å². The minimum absolute atomic E-state index is 0.0148. The molecule has 0 aliphatic rings. The van der Waals surface area contributed by atoms with Crippen LogP contribution >= 0.6 is 11.3 Å². The Labute approximate surface area is 81.9 Å². The van der Waals surface area contributed by atoms with Crippen LogP contribution in [-0.2, 0) is 0 Å². The van der Waals surface area contributed by atoms with Gasteiger partial charge in [0.1, 0.15) is 0 Å². The van der Waals surface area contributed by atoms with Crippen LogP contribution in [0.4, 0.5) is 0 Å². The van der Waals surface area contributed by atoms with Crippen molar-refractivity contribution >= 4 is 17.2 Å². The molecule has 0 atom stereocenters. The first-order chi connectivity index (χ1) is 6.25. The molecule has 0 spiro atoms. The van der Waals surface area contributed by atoms with E-state index in [1.807, 2.05) is 18.4 Å². The van der Waals surface area contributed by atoms with Crippen molar-refractivity contribution in [3.63, 3.8) is 0 Å². The lowest BCUT2D eigenvalue weighted by Crippen LogP contribution is -2.25. The SMILES string of the molecule is Cc1ccsc1C(=O)NCCCN. The Morgan fingerprint density at radius 3 is 3.00 bits per heavy atom. The molecule has 0 radical (unpaired) electrons. The second kappa shape index (κ2) is 4.99. The summed E-state index contributed by atoms with van der Waals surface area (Å²) in [6, 6.07) is 1.95. The number of aryl methyl sites for hydroxylation is 1. The van der Waals surface area contributed by atoms with Crippen LogP contribution in [0.25, 0.3) is 0 Å². The van der Waals surface area contributed by atoms with Crippen molar-refractivity contribution in [2.45, 2.75) is 13.3 Å². The Balaban J connectivity index is 2.45. The molecule has 0 aromatic carbocycles. The fraction of sp³-hybridized carbons (Fsp3) is 0.444. The molecule has 0 aliphatic heterocycles. The summed E-state index contributed by atoms with van der Waals surface area (Å²) in [5.41, 5.74) is 6.35.